The molecule has 4 rings (SSSR count). The number of hydrogen-bond acceptors (Lipinski definition) is 3. The van der Waals surface area contributed by atoms with Gasteiger partial charge >= 0.3 is 0 Å². The number of aryl methyl sites for hydroxylation is 1. The van der Waals surface area contributed by atoms with Crippen molar-refractivity contribution in [2.45, 2.75) is 24.9 Å². The van der Waals surface area contributed by atoms with Gasteiger partial charge in [-0.1, -0.05) is 18.2 Å². The number of sulfonamides is 1. The van der Waals surface area contributed by atoms with Crippen molar-refractivity contribution in [3.63, 3.8) is 0 Å². The maximum absolute atomic E-state index is 13.0. The van der Waals surface area contributed by atoms with Gasteiger partial charge in [-0.2, -0.15) is 4.31 Å². The summed E-state index contributed by atoms with van der Waals surface area (Å²) < 4.78 is 35.1. The zero-order valence-electron chi connectivity index (χ0n) is 14.3. The Labute approximate surface area is 147 Å². The van der Waals surface area contributed by atoms with Crippen molar-refractivity contribution in [1.29, 1.82) is 0 Å². The molecule has 0 N–H and O–H groups in total. The lowest BCUT2D eigenvalue weighted by molar-refractivity contribution is 0.345. The normalized spacial score (nSPS) is 15.3. The van der Waals surface area contributed by atoms with Crippen LogP contribution in [0.25, 0.3) is 10.9 Å². The van der Waals surface area contributed by atoms with Gasteiger partial charge in [0.25, 0.3) is 0 Å². The number of methoxy groups -OCH3 is 1. The van der Waals surface area contributed by atoms with Gasteiger partial charge in [0.05, 0.1) is 18.6 Å². The first-order valence-electron chi connectivity index (χ1n) is 8.22. The van der Waals surface area contributed by atoms with Crippen molar-refractivity contribution >= 4 is 20.9 Å². The van der Waals surface area contributed by atoms with Gasteiger partial charge in [0.2, 0.25) is 10.0 Å². The van der Waals surface area contributed by atoms with Gasteiger partial charge in [-0.3, -0.25) is 0 Å². The number of aromatic nitrogens is 1. The van der Waals surface area contributed by atoms with Crippen molar-refractivity contribution in [2.24, 2.45) is 0 Å². The Morgan fingerprint density at radius 3 is 2.60 bits per heavy atom. The molecule has 0 fully saturated rings. The lowest BCUT2D eigenvalue weighted by Crippen LogP contribution is -2.38. The molecular weight excluding hydrogens is 336 g/mol. The van der Waals surface area contributed by atoms with E-state index in [1.807, 2.05) is 19.1 Å². The third kappa shape index (κ3) is 2.62. The zero-order valence-corrected chi connectivity index (χ0v) is 15.1. The highest BCUT2D eigenvalue weighted by molar-refractivity contribution is 7.89. The number of benzene rings is 2. The van der Waals surface area contributed by atoms with Gasteiger partial charge in [0.1, 0.15) is 5.75 Å². The van der Waals surface area contributed by atoms with Crippen molar-refractivity contribution < 1.29 is 13.2 Å². The number of nitrogens with zero attached hydrogens (tertiary/aromatic N) is 2. The SMILES string of the molecule is COc1ccc(S(=O)(=O)N2CCn3c(cc4ccccc43)C2)cc1C. The second-order valence-corrected chi connectivity index (χ2v) is 8.25. The van der Waals surface area contributed by atoms with E-state index in [4.69, 9.17) is 4.74 Å². The molecule has 0 aliphatic carbocycles. The third-order valence-electron chi connectivity index (χ3n) is 4.81. The van der Waals surface area contributed by atoms with Gasteiger partial charge in [0.15, 0.2) is 0 Å². The van der Waals surface area contributed by atoms with Crippen LogP contribution in [0.3, 0.4) is 0 Å². The standard InChI is InChI=1S/C19H20N2O3S/c1-14-11-17(7-8-19(14)24-2)25(22,23)20-9-10-21-16(13-20)12-15-5-3-4-6-18(15)21/h3-8,11-12H,9-10,13H2,1-2H3. The van der Waals surface area contributed by atoms with E-state index in [0.717, 1.165) is 22.2 Å². The van der Waals surface area contributed by atoms with Gasteiger partial charge in [-0.15, -0.1) is 0 Å². The summed E-state index contributed by atoms with van der Waals surface area (Å²) >= 11 is 0. The van der Waals surface area contributed by atoms with Gasteiger partial charge < -0.3 is 9.30 Å². The summed E-state index contributed by atoms with van der Waals surface area (Å²) in [5.41, 5.74) is 3.01. The highest BCUT2D eigenvalue weighted by Crippen LogP contribution is 2.29. The number of para-hydroxylation sites is 1. The molecule has 1 aliphatic heterocycles. The average Bonchev–Trinajstić information content (AvgIpc) is 2.99. The molecule has 0 saturated heterocycles. The van der Waals surface area contributed by atoms with E-state index >= 15 is 0 Å². The predicted molar refractivity (Wildman–Crippen MR) is 97.3 cm³/mol. The molecule has 1 aliphatic rings. The summed E-state index contributed by atoms with van der Waals surface area (Å²) in [4.78, 5) is 0.315. The van der Waals surface area contributed by atoms with Crippen LogP contribution in [0.1, 0.15) is 11.3 Å². The fourth-order valence-electron chi connectivity index (χ4n) is 3.50. The summed E-state index contributed by atoms with van der Waals surface area (Å²) in [6.45, 7) is 3.38. The Morgan fingerprint density at radius 1 is 1.04 bits per heavy atom. The Morgan fingerprint density at radius 2 is 1.84 bits per heavy atom. The molecule has 6 heteroatoms. The highest BCUT2D eigenvalue weighted by atomic mass is 32.2. The molecule has 0 saturated carbocycles. The minimum Gasteiger partial charge on any atom is -0.496 e. The summed E-state index contributed by atoms with van der Waals surface area (Å²) in [6, 6.07) is 15.2. The molecule has 130 valence electrons. The molecule has 0 bridgehead atoms. The van der Waals surface area contributed by atoms with Crippen LogP contribution in [0.4, 0.5) is 0 Å². The van der Waals surface area contributed by atoms with E-state index in [9.17, 15) is 8.42 Å². The molecule has 0 unspecified atom stereocenters. The van der Waals surface area contributed by atoms with Crippen LogP contribution in [0.5, 0.6) is 5.75 Å². The number of rotatable bonds is 3. The first-order valence-corrected chi connectivity index (χ1v) is 9.66. The first-order chi connectivity index (χ1) is 12.0. The van der Waals surface area contributed by atoms with Gasteiger partial charge in [-0.25, -0.2) is 8.42 Å². The fourth-order valence-corrected chi connectivity index (χ4v) is 4.99. The van der Waals surface area contributed by atoms with Gasteiger partial charge in [-0.05, 0) is 48.2 Å². The smallest absolute Gasteiger partial charge is 0.243 e. The first kappa shape index (κ1) is 16.2. The Kier molecular flexibility index (Phi) is 3.81. The van der Waals surface area contributed by atoms with Crippen molar-refractivity contribution in [3.05, 3.63) is 59.8 Å². The molecule has 0 atom stereocenters. The lowest BCUT2D eigenvalue weighted by Gasteiger charge is -2.28. The molecule has 2 aromatic carbocycles. The minimum absolute atomic E-state index is 0.315. The largest absolute Gasteiger partial charge is 0.496 e. The van der Waals surface area contributed by atoms with E-state index in [1.54, 1.807) is 29.6 Å². The average molecular weight is 356 g/mol. The second kappa shape index (κ2) is 5.89. The Hall–Kier alpha value is -2.31. The van der Waals surface area contributed by atoms with E-state index in [0.29, 0.717) is 30.3 Å². The van der Waals surface area contributed by atoms with Crippen LogP contribution in [-0.2, 0) is 23.1 Å². The maximum atomic E-state index is 13.0. The molecule has 0 spiro atoms. The topological polar surface area (TPSA) is 51.5 Å². The molecule has 5 nitrogen and oxygen atoms in total. The van der Waals surface area contributed by atoms with Crippen molar-refractivity contribution in [1.82, 2.24) is 8.87 Å². The molecule has 25 heavy (non-hydrogen) atoms. The summed E-state index contributed by atoms with van der Waals surface area (Å²) in [5.74, 6) is 0.692. The molecular formula is C19H20N2O3S. The van der Waals surface area contributed by atoms with E-state index in [2.05, 4.69) is 22.8 Å². The van der Waals surface area contributed by atoms with E-state index in [-0.39, 0.29) is 0 Å². The fraction of sp³-hybridized carbons (Fsp3) is 0.263. The summed E-state index contributed by atoms with van der Waals surface area (Å²) in [6.07, 6.45) is 0. The number of fused-ring (bicyclic) bond motifs is 3. The Bertz CT molecular complexity index is 1050. The highest BCUT2D eigenvalue weighted by Gasteiger charge is 2.29. The quantitative estimate of drug-likeness (QED) is 0.724. The van der Waals surface area contributed by atoms with E-state index in [1.165, 1.54) is 0 Å². The summed E-state index contributed by atoms with van der Waals surface area (Å²) in [7, 11) is -1.94. The monoisotopic (exact) mass is 356 g/mol. The summed E-state index contributed by atoms with van der Waals surface area (Å²) in [5, 5.41) is 1.15. The number of ether oxygens (including phenoxy) is 1. The lowest BCUT2D eigenvalue weighted by atomic mass is 10.2. The van der Waals surface area contributed by atoms with Crippen LogP contribution < -0.4 is 4.74 Å². The molecule has 3 aromatic rings. The zero-order chi connectivity index (χ0) is 17.6. The van der Waals surface area contributed by atoms with Crippen LogP contribution in [-0.4, -0.2) is 30.9 Å². The van der Waals surface area contributed by atoms with E-state index < -0.39 is 10.0 Å². The van der Waals surface area contributed by atoms with Crippen LogP contribution in [0.15, 0.2) is 53.4 Å². The minimum atomic E-state index is -3.53. The Balaban J connectivity index is 1.69. The second-order valence-electron chi connectivity index (χ2n) is 6.32. The molecule has 0 amide bonds. The maximum Gasteiger partial charge on any atom is 0.243 e. The van der Waals surface area contributed by atoms with Gasteiger partial charge in [0, 0.05) is 24.3 Å². The third-order valence-corrected chi connectivity index (χ3v) is 6.65. The van der Waals surface area contributed by atoms with Crippen molar-refractivity contribution in [3.8, 4) is 5.75 Å². The number of hydrogen-bond donors (Lipinski definition) is 0. The molecule has 1 aromatic heterocycles. The molecule has 0 radical (unpaired) electrons. The van der Waals surface area contributed by atoms with Crippen LogP contribution in [0.2, 0.25) is 0 Å². The van der Waals surface area contributed by atoms with Crippen LogP contribution >= 0.6 is 0 Å². The predicted octanol–water partition coefficient (Wildman–Crippen LogP) is 3.16. The van der Waals surface area contributed by atoms with Crippen molar-refractivity contribution in [2.75, 3.05) is 13.7 Å². The molecule has 2 heterocycles. The van der Waals surface area contributed by atoms with Crippen LogP contribution in [0, 0.1) is 6.92 Å².